The number of nitrogens with zero attached hydrogens (tertiary/aromatic N) is 1. The summed E-state index contributed by atoms with van der Waals surface area (Å²) in [5, 5.41) is 0.758. The van der Waals surface area contributed by atoms with Crippen LogP contribution in [0.5, 0.6) is 0 Å². The van der Waals surface area contributed by atoms with E-state index in [0.717, 1.165) is 17.7 Å². The largest absolute Gasteiger partial charge is 0.330 e. The number of likely N-dealkylation sites (tertiary alicyclic amines) is 1. The molecule has 0 aromatic heterocycles. The summed E-state index contributed by atoms with van der Waals surface area (Å²) in [6, 6.07) is 8.88. The Kier molecular flexibility index (Phi) is 4.46. The lowest BCUT2D eigenvalue weighted by molar-refractivity contribution is 0.171. The Bertz CT molecular complexity index is 394. The standard InChI is InChI=1S/C16H24N2S/c17-8-7-13-4-3-9-18(11-13)12-15-10-14-5-1-2-6-16(14)19-15/h1-2,5-6,13,15H,3-4,7-12,17H2. The van der Waals surface area contributed by atoms with Gasteiger partial charge in [0.05, 0.1) is 0 Å². The Morgan fingerprint density at radius 2 is 2.21 bits per heavy atom. The first-order valence-corrected chi connectivity index (χ1v) is 8.40. The highest BCUT2D eigenvalue weighted by atomic mass is 32.2. The molecule has 1 saturated heterocycles. The Morgan fingerprint density at radius 1 is 1.32 bits per heavy atom. The van der Waals surface area contributed by atoms with Crippen LogP contribution in [0.15, 0.2) is 29.2 Å². The first-order valence-electron chi connectivity index (χ1n) is 7.52. The molecule has 2 atom stereocenters. The highest BCUT2D eigenvalue weighted by Gasteiger charge is 2.26. The minimum absolute atomic E-state index is 0.758. The zero-order valence-electron chi connectivity index (χ0n) is 11.6. The van der Waals surface area contributed by atoms with Crippen molar-refractivity contribution in [3.8, 4) is 0 Å². The summed E-state index contributed by atoms with van der Waals surface area (Å²) in [5.41, 5.74) is 7.25. The van der Waals surface area contributed by atoms with Gasteiger partial charge in [0.1, 0.15) is 0 Å². The molecule has 3 rings (SSSR count). The van der Waals surface area contributed by atoms with E-state index >= 15 is 0 Å². The molecule has 0 radical (unpaired) electrons. The third-order valence-corrected chi connectivity index (χ3v) is 5.65. The molecule has 19 heavy (non-hydrogen) atoms. The fraction of sp³-hybridized carbons (Fsp3) is 0.625. The second-order valence-electron chi connectivity index (χ2n) is 5.90. The molecule has 0 aliphatic carbocycles. The van der Waals surface area contributed by atoms with E-state index in [1.165, 1.54) is 50.2 Å². The molecule has 0 saturated carbocycles. The van der Waals surface area contributed by atoms with E-state index in [4.69, 9.17) is 5.73 Å². The first-order chi connectivity index (χ1) is 9.35. The molecule has 0 amide bonds. The monoisotopic (exact) mass is 276 g/mol. The number of thioether (sulfide) groups is 1. The lowest BCUT2D eigenvalue weighted by atomic mass is 9.94. The molecular weight excluding hydrogens is 252 g/mol. The lowest BCUT2D eigenvalue weighted by Gasteiger charge is -2.34. The van der Waals surface area contributed by atoms with Gasteiger partial charge >= 0.3 is 0 Å². The average Bonchev–Trinajstić information content (AvgIpc) is 2.81. The van der Waals surface area contributed by atoms with Crippen LogP contribution < -0.4 is 5.73 Å². The van der Waals surface area contributed by atoms with Gasteiger partial charge in [0.25, 0.3) is 0 Å². The van der Waals surface area contributed by atoms with Crippen molar-refractivity contribution in [3.05, 3.63) is 29.8 Å². The van der Waals surface area contributed by atoms with Gasteiger partial charge in [0.2, 0.25) is 0 Å². The minimum Gasteiger partial charge on any atom is -0.330 e. The van der Waals surface area contributed by atoms with Crippen molar-refractivity contribution in [2.75, 3.05) is 26.2 Å². The Morgan fingerprint density at radius 3 is 3.05 bits per heavy atom. The fourth-order valence-electron chi connectivity index (χ4n) is 3.43. The van der Waals surface area contributed by atoms with Crippen molar-refractivity contribution in [2.24, 2.45) is 11.7 Å². The van der Waals surface area contributed by atoms with E-state index in [2.05, 4.69) is 40.9 Å². The number of benzene rings is 1. The van der Waals surface area contributed by atoms with Gasteiger partial charge in [-0.25, -0.2) is 0 Å². The Balaban J connectivity index is 1.53. The van der Waals surface area contributed by atoms with E-state index < -0.39 is 0 Å². The Labute approximate surface area is 120 Å². The van der Waals surface area contributed by atoms with Crippen molar-refractivity contribution in [2.45, 2.75) is 35.8 Å². The van der Waals surface area contributed by atoms with Crippen LogP contribution in [0.4, 0.5) is 0 Å². The second-order valence-corrected chi connectivity index (χ2v) is 7.24. The zero-order chi connectivity index (χ0) is 13.1. The van der Waals surface area contributed by atoms with Crippen molar-refractivity contribution in [1.82, 2.24) is 4.90 Å². The maximum Gasteiger partial charge on any atom is 0.0263 e. The van der Waals surface area contributed by atoms with Gasteiger partial charge in [-0.1, -0.05) is 18.2 Å². The van der Waals surface area contributed by atoms with Crippen LogP contribution in [0.1, 0.15) is 24.8 Å². The van der Waals surface area contributed by atoms with E-state index in [0.29, 0.717) is 0 Å². The predicted octanol–water partition coefficient (Wildman–Crippen LogP) is 2.76. The smallest absolute Gasteiger partial charge is 0.0263 e. The molecule has 0 bridgehead atoms. The molecule has 2 nitrogen and oxygen atoms in total. The quantitative estimate of drug-likeness (QED) is 0.917. The number of hydrogen-bond acceptors (Lipinski definition) is 3. The molecule has 2 aliphatic heterocycles. The number of fused-ring (bicyclic) bond motifs is 1. The summed E-state index contributed by atoms with van der Waals surface area (Å²) in [7, 11) is 0. The van der Waals surface area contributed by atoms with Crippen molar-refractivity contribution < 1.29 is 0 Å². The molecule has 3 heteroatoms. The van der Waals surface area contributed by atoms with E-state index in [1.54, 1.807) is 5.56 Å². The number of nitrogens with two attached hydrogens (primary N) is 1. The number of rotatable bonds is 4. The molecule has 104 valence electrons. The van der Waals surface area contributed by atoms with Crippen LogP contribution in [-0.2, 0) is 6.42 Å². The summed E-state index contributed by atoms with van der Waals surface area (Å²) >= 11 is 2.08. The molecule has 2 heterocycles. The van der Waals surface area contributed by atoms with Gasteiger partial charge in [0.15, 0.2) is 0 Å². The molecule has 0 spiro atoms. The van der Waals surface area contributed by atoms with Crippen LogP contribution in [0.2, 0.25) is 0 Å². The summed E-state index contributed by atoms with van der Waals surface area (Å²) in [5.74, 6) is 0.840. The van der Waals surface area contributed by atoms with Gasteiger partial charge in [-0.05, 0) is 56.3 Å². The Hall–Kier alpha value is -0.510. The van der Waals surface area contributed by atoms with Gasteiger partial charge in [-0.15, -0.1) is 11.8 Å². The summed E-state index contributed by atoms with van der Waals surface area (Å²) in [6.45, 7) is 4.65. The van der Waals surface area contributed by atoms with Crippen molar-refractivity contribution >= 4 is 11.8 Å². The van der Waals surface area contributed by atoms with Gasteiger partial charge < -0.3 is 10.6 Å². The molecule has 2 N–H and O–H groups in total. The number of piperidine rings is 1. The molecule has 1 aromatic carbocycles. The van der Waals surface area contributed by atoms with Crippen LogP contribution in [0.3, 0.4) is 0 Å². The highest BCUT2D eigenvalue weighted by molar-refractivity contribution is 8.00. The lowest BCUT2D eigenvalue weighted by Crippen LogP contribution is -2.39. The molecule has 2 aliphatic rings. The van der Waals surface area contributed by atoms with E-state index in [1.807, 2.05) is 0 Å². The van der Waals surface area contributed by atoms with Crippen LogP contribution in [0.25, 0.3) is 0 Å². The molecular formula is C16H24N2S. The molecule has 2 unspecified atom stereocenters. The van der Waals surface area contributed by atoms with Gasteiger partial charge in [-0.3, -0.25) is 0 Å². The fourth-order valence-corrected chi connectivity index (χ4v) is 4.80. The second kappa shape index (κ2) is 6.29. The summed E-state index contributed by atoms with van der Waals surface area (Å²) < 4.78 is 0. The van der Waals surface area contributed by atoms with Crippen molar-refractivity contribution in [1.29, 1.82) is 0 Å². The third-order valence-electron chi connectivity index (χ3n) is 4.35. The highest BCUT2D eigenvalue weighted by Crippen LogP contribution is 2.37. The third kappa shape index (κ3) is 3.33. The van der Waals surface area contributed by atoms with Crippen LogP contribution >= 0.6 is 11.8 Å². The summed E-state index contributed by atoms with van der Waals surface area (Å²) in [4.78, 5) is 4.18. The first kappa shape index (κ1) is 13.5. The minimum atomic E-state index is 0.758. The number of hydrogen-bond donors (Lipinski definition) is 1. The van der Waals surface area contributed by atoms with Crippen molar-refractivity contribution in [3.63, 3.8) is 0 Å². The average molecular weight is 276 g/mol. The normalized spacial score (nSPS) is 27.4. The SMILES string of the molecule is NCCC1CCCN(CC2Cc3ccccc3S2)C1. The van der Waals surface area contributed by atoms with E-state index in [-0.39, 0.29) is 0 Å². The summed E-state index contributed by atoms with van der Waals surface area (Å²) in [6.07, 6.45) is 5.19. The van der Waals surface area contributed by atoms with Gasteiger partial charge in [-0.2, -0.15) is 0 Å². The molecule has 1 aromatic rings. The van der Waals surface area contributed by atoms with Crippen LogP contribution in [-0.4, -0.2) is 36.3 Å². The topological polar surface area (TPSA) is 29.3 Å². The van der Waals surface area contributed by atoms with Gasteiger partial charge in [0, 0.05) is 23.2 Å². The predicted molar refractivity (Wildman–Crippen MR) is 82.6 cm³/mol. The van der Waals surface area contributed by atoms with Crippen LogP contribution in [0, 0.1) is 5.92 Å². The maximum atomic E-state index is 5.70. The zero-order valence-corrected chi connectivity index (χ0v) is 12.4. The molecule has 1 fully saturated rings. The maximum absolute atomic E-state index is 5.70. The van der Waals surface area contributed by atoms with E-state index in [9.17, 15) is 0 Å².